The Labute approximate surface area is 215 Å². The molecule has 1 aliphatic rings. The number of H-pyrrole nitrogens is 1. The first kappa shape index (κ1) is 25.0. The first-order valence-corrected chi connectivity index (χ1v) is 14.0. The molecule has 1 fully saturated rings. The average Bonchev–Trinajstić information content (AvgIpc) is 3.56. The lowest BCUT2D eigenvalue weighted by Crippen LogP contribution is -2.38. The molecule has 3 heterocycles. The van der Waals surface area contributed by atoms with Crippen molar-refractivity contribution in [1.82, 2.24) is 19.7 Å². The number of hydrogen-bond donors (Lipinski definition) is 2. The Hall–Kier alpha value is -3.63. The molecule has 2 atom stereocenters. The van der Waals surface area contributed by atoms with Gasteiger partial charge in [-0.15, -0.1) is 0 Å². The number of carboxylic acids is 1. The number of benzene rings is 2. The summed E-state index contributed by atoms with van der Waals surface area (Å²) < 4.78 is 31.5. The second-order valence-electron chi connectivity index (χ2n) is 9.63. The number of aromatic amines is 1. The van der Waals surface area contributed by atoms with Gasteiger partial charge in [-0.25, -0.2) is 13.2 Å². The fraction of sp³-hybridized carbons (Fsp3) is 0.333. The summed E-state index contributed by atoms with van der Waals surface area (Å²) in [6.07, 6.45) is 7.35. The van der Waals surface area contributed by atoms with Crippen LogP contribution in [0.4, 0.5) is 0 Å². The molecule has 0 unspecified atom stereocenters. The fourth-order valence-electron chi connectivity index (χ4n) is 5.43. The minimum atomic E-state index is -3.37. The summed E-state index contributed by atoms with van der Waals surface area (Å²) in [4.78, 5) is 17.9. The van der Waals surface area contributed by atoms with Crippen LogP contribution >= 0.6 is 0 Å². The van der Waals surface area contributed by atoms with Gasteiger partial charge >= 0.3 is 5.97 Å². The molecule has 37 heavy (non-hydrogen) atoms. The lowest BCUT2D eigenvalue weighted by molar-refractivity contribution is 0.0682. The normalized spacial score (nSPS) is 18.8. The third kappa shape index (κ3) is 4.74. The van der Waals surface area contributed by atoms with Crippen molar-refractivity contribution < 1.29 is 23.1 Å². The van der Waals surface area contributed by atoms with Crippen LogP contribution in [0.2, 0.25) is 0 Å². The molecule has 2 aromatic carbocycles. The van der Waals surface area contributed by atoms with Crippen LogP contribution in [0, 0.1) is 6.92 Å². The predicted octanol–water partition coefficient (Wildman–Crippen LogP) is 4.36. The van der Waals surface area contributed by atoms with Crippen molar-refractivity contribution in [2.45, 2.75) is 43.3 Å². The number of carboxylic acid groups (broad SMARTS) is 1. The smallest absolute Gasteiger partial charge is 0.336 e. The molecular weight excluding hydrogens is 492 g/mol. The van der Waals surface area contributed by atoms with Crippen LogP contribution in [0.25, 0.3) is 10.9 Å². The number of fused-ring (bicyclic) bond motifs is 1. The molecule has 5 rings (SSSR count). The number of ether oxygens (including phenoxy) is 1. The second-order valence-corrected chi connectivity index (χ2v) is 11.6. The highest BCUT2D eigenvalue weighted by atomic mass is 32.2. The molecule has 9 nitrogen and oxygen atoms in total. The molecule has 0 spiro atoms. The average molecular weight is 523 g/mol. The van der Waals surface area contributed by atoms with E-state index in [0.717, 1.165) is 39.8 Å². The highest BCUT2D eigenvalue weighted by molar-refractivity contribution is 7.90. The number of aryl methyl sites for hydroxylation is 1. The third-order valence-corrected chi connectivity index (χ3v) is 8.38. The molecule has 0 amide bonds. The highest BCUT2D eigenvalue weighted by Crippen LogP contribution is 2.41. The Bertz CT molecular complexity index is 1570. The quantitative estimate of drug-likeness (QED) is 0.370. The topological polar surface area (TPSA) is 118 Å². The number of nitrogens with one attached hydrogen (secondary N) is 1. The van der Waals surface area contributed by atoms with Crippen molar-refractivity contribution >= 4 is 26.7 Å². The van der Waals surface area contributed by atoms with Gasteiger partial charge in [0.25, 0.3) is 0 Å². The Balaban J connectivity index is 1.55. The molecule has 1 aliphatic heterocycles. The maximum Gasteiger partial charge on any atom is 0.336 e. The van der Waals surface area contributed by atoms with Gasteiger partial charge in [-0.05, 0) is 49.1 Å². The van der Waals surface area contributed by atoms with Crippen molar-refractivity contribution in [2.24, 2.45) is 0 Å². The SMILES string of the molecule is COc1cc(C)c2[nH]ccc2c1CN1CC[C@@H](n2cc(S(C)(=O)=O)cn2)C[C@H]1c1ccccc1C(=O)O. The van der Waals surface area contributed by atoms with Crippen LogP contribution in [0.3, 0.4) is 0 Å². The van der Waals surface area contributed by atoms with Gasteiger partial charge in [0.1, 0.15) is 10.6 Å². The van der Waals surface area contributed by atoms with Crippen molar-refractivity contribution in [3.8, 4) is 5.75 Å². The molecule has 0 saturated carbocycles. The number of piperidine rings is 1. The van der Waals surface area contributed by atoms with Crippen molar-refractivity contribution in [3.63, 3.8) is 0 Å². The first-order chi connectivity index (χ1) is 17.7. The maximum atomic E-state index is 12.1. The lowest BCUT2D eigenvalue weighted by atomic mass is 9.88. The van der Waals surface area contributed by atoms with E-state index in [1.165, 1.54) is 12.5 Å². The summed E-state index contributed by atoms with van der Waals surface area (Å²) in [6.45, 7) is 3.27. The monoisotopic (exact) mass is 522 g/mol. The molecular formula is C27H30N4O5S. The molecule has 1 saturated heterocycles. The molecule has 0 bridgehead atoms. The van der Waals surface area contributed by atoms with Gasteiger partial charge in [0, 0.05) is 54.2 Å². The molecule has 4 aromatic rings. The van der Waals surface area contributed by atoms with E-state index in [-0.39, 0.29) is 22.5 Å². The largest absolute Gasteiger partial charge is 0.496 e. The van der Waals surface area contributed by atoms with Crippen LogP contribution in [0.5, 0.6) is 5.75 Å². The molecule has 2 aromatic heterocycles. The van der Waals surface area contributed by atoms with Crippen LogP contribution in [0.15, 0.2) is 59.9 Å². The van der Waals surface area contributed by atoms with E-state index in [2.05, 4.69) is 15.0 Å². The minimum absolute atomic E-state index is 0.0780. The molecule has 194 valence electrons. The number of likely N-dealkylation sites (tertiary alicyclic amines) is 1. The van der Waals surface area contributed by atoms with Crippen LogP contribution in [-0.4, -0.2) is 59.1 Å². The van der Waals surface area contributed by atoms with Gasteiger partial charge in [0.2, 0.25) is 0 Å². The summed E-state index contributed by atoms with van der Waals surface area (Å²) in [5, 5.41) is 15.4. The standard InChI is InChI=1S/C27H30N4O5S/c1-17-12-25(36-2)23(21-8-10-28-26(17)21)16-30-11-9-18(31-15-19(14-29-31)37(3,34)35)13-24(30)20-6-4-5-7-22(20)27(32)33/h4-8,10,12,14-15,18,24,28H,9,11,13,16H2,1-3H3,(H,32,33)/t18-,24+/m1/s1. The highest BCUT2D eigenvalue weighted by Gasteiger charge is 2.34. The number of hydrogen-bond acceptors (Lipinski definition) is 6. The Morgan fingerprint density at radius 3 is 2.76 bits per heavy atom. The second kappa shape index (κ2) is 9.68. The predicted molar refractivity (Wildman–Crippen MR) is 140 cm³/mol. The summed E-state index contributed by atoms with van der Waals surface area (Å²) in [7, 11) is -1.71. The lowest BCUT2D eigenvalue weighted by Gasteiger charge is -2.40. The van der Waals surface area contributed by atoms with Crippen molar-refractivity contribution in [3.05, 3.63) is 77.2 Å². The van der Waals surface area contributed by atoms with Gasteiger partial charge in [-0.3, -0.25) is 9.58 Å². The molecule has 0 radical (unpaired) electrons. The first-order valence-electron chi connectivity index (χ1n) is 12.1. The van der Waals surface area contributed by atoms with E-state index >= 15 is 0 Å². The van der Waals surface area contributed by atoms with Crippen molar-refractivity contribution in [1.29, 1.82) is 0 Å². The maximum absolute atomic E-state index is 12.1. The van der Waals surface area contributed by atoms with Gasteiger partial charge in [-0.1, -0.05) is 18.2 Å². The zero-order valence-corrected chi connectivity index (χ0v) is 21.8. The van der Waals surface area contributed by atoms with Crippen molar-refractivity contribution in [2.75, 3.05) is 19.9 Å². The van der Waals surface area contributed by atoms with Crippen LogP contribution in [-0.2, 0) is 16.4 Å². The van der Waals surface area contributed by atoms with Crippen LogP contribution in [0.1, 0.15) is 52.0 Å². The van der Waals surface area contributed by atoms with E-state index in [1.54, 1.807) is 30.1 Å². The van der Waals surface area contributed by atoms with E-state index < -0.39 is 15.8 Å². The summed E-state index contributed by atoms with van der Waals surface area (Å²) >= 11 is 0. The molecule has 10 heteroatoms. The van der Waals surface area contributed by atoms with Gasteiger partial charge < -0.3 is 14.8 Å². The Morgan fingerprint density at radius 2 is 2.05 bits per heavy atom. The van der Waals surface area contributed by atoms with Gasteiger partial charge in [0.15, 0.2) is 9.84 Å². The summed E-state index contributed by atoms with van der Waals surface area (Å²) in [5.74, 6) is -0.182. The van der Waals surface area contributed by atoms with Gasteiger partial charge in [0.05, 0.1) is 24.9 Å². The van der Waals surface area contributed by atoms with Crippen LogP contribution < -0.4 is 4.74 Å². The number of nitrogens with zero attached hydrogens (tertiary/aromatic N) is 3. The third-order valence-electron chi connectivity index (χ3n) is 7.31. The molecule has 2 N–H and O–H groups in total. The number of sulfone groups is 1. The fourth-order valence-corrected chi connectivity index (χ4v) is 5.96. The number of aromatic nitrogens is 3. The van der Waals surface area contributed by atoms with E-state index in [0.29, 0.717) is 19.5 Å². The Kier molecular flexibility index (Phi) is 6.55. The minimum Gasteiger partial charge on any atom is -0.496 e. The molecule has 0 aliphatic carbocycles. The zero-order valence-electron chi connectivity index (χ0n) is 21.0. The summed E-state index contributed by atoms with van der Waals surface area (Å²) in [5.41, 5.74) is 4.18. The Morgan fingerprint density at radius 1 is 1.27 bits per heavy atom. The summed E-state index contributed by atoms with van der Waals surface area (Å²) in [6, 6.07) is 10.9. The van der Waals surface area contributed by atoms with E-state index in [9.17, 15) is 18.3 Å². The zero-order chi connectivity index (χ0) is 26.3. The van der Waals surface area contributed by atoms with Gasteiger partial charge in [-0.2, -0.15) is 5.10 Å². The number of carbonyl (C=O) groups is 1. The number of aromatic carboxylic acids is 1. The van der Waals surface area contributed by atoms with E-state index in [1.807, 2.05) is 37.4 Å². The van der Waals surface area contributed by atoms with E-state index in [4.69, 9.17) is 4.74 Å². The number of rotatable bonds is 7. The number of methoxy groups -OCH3 is 1.